The van der Waals surface area contributed by atoms with Crippen molar-refractivity contribution < 1.29 is 9.50 Å². The lowest BCUT2D eigenvalue weighted by Crippen LogP contribution is -2.52. The van der Waals surface area contributed by atoms with Crippen molar-refractivity contribution in [2.75, 3.05) is 24.6 Å². The van der Waals surface area contributed by atoms with Gasteiger partial charge in [0.25, 0.3) is 0 Å². The zero-order valence-electron chi connectivity index (χ0n) is 19.1. The number of fused-ring (bicyclic) bond motifs is 1. The Morgan fingerprint density at radius 3 is 2.47 bits per heavy atom. The molecular formula is C25H33FN4OS. The molecule has 2 aliphatic rings. The number of hydrogen-bond acceptors (Lipinski definition) is 5. The molecule has 2 atom stereocenters. The van der Waals surface area contributed by atoms with Gasteiger partial charge in [-0.2, -0.15) is 11.8 Å². The van der Waals surface area contributed by atoms with E-state index >= 15 is 0 Å². The number of rotatable bonds is 2. The van der Waals surface area contributed by atoms with E-state index < -0.39 is 0 Å². The smallest absolute Gasteiger partial charge is 0.150 e. The van der Waals surface area contributed by atoms with Crippen LogP contribution in [0.2, 0.25) is 0 Å². The highest BCUT2D eigenvalue weighted by molar-refractivity contribution is 7.99. The molecule has 0 aromatic carbocycles. The Morgan fingerprint density at radius 1 is 1.09 bits per heavy atom. The Bertz CT molecular complexity index is 1020. The summed E-state index contributed by atoms with van der Waals surface area (Å²) in [6.07, 6.45) is 7.30. The molecule has 3 aromatic rings. The number of thioether (sulfide) groups is 1. The molecule has 5 rings (SSSR count). The summed E-state index contributed by atoms with van der Waals surface area (Å²) in [5.41, 5.74) is 3.16. The van der Waals surface area contributed by atoms with E-state index in [4.69, 9.17) is 0 Å². The summed E-state index contributed by atoms with van der Waals surface area (Å²) in [5, 5.41) is 10.4. The van der Waals surface area contributed by atoms with Crippen LogP contribution >= 0.6 is 11.8 Å². The van der Waals surface area contributed by atoms with Gasteiger partial charge in [-0.3, -0.25) is 9.88 Å². The van der Waals surface area contributed by atoms with Gasteiger partial charge in [0.15, 0.2) is 5.82 Å². The summed E-state index contributed by atoms with van der Waals surface area (Å²) in [5.74, 6) is 3.25. The Labute approximate surface area is 193 Å². The molecule has 5 nitrogen and oxygen atoms in total. The van der Waals surface area contributed by atoms with Crippen LogP contribution in [0.3, 0.4) is 0 Å². The van der Waals surface area contributed by atoms with Gasteiger partial charge in [-0.1, -0.05) is 13.8 Å². The van der Waals surface area contributed by atoms with Gasteiger partial charge in [0.05, 0.1) is 17.2 Å². The lowest BCUT2D eigenvalue weighted by molar-refractivity contribution is -0.0242. The van der Waals surface area contributed by atoms with Crippen molar-refractivity contribution in [3.05, 3.63) is 48.2 Å². The third kappa shape index (κ3) is 5.16. The third-order valence-corrected chi connectivity index (χ3v) is 7.68. The average Bonchev–Trinajstić information content (AvgIpc) is 3.19. The van der Waals surface area contributed by atoms with Gasteiger partial charge in [0.1, 0.15) is 5.65 Å². The minimum Gasteiger partial charge on any atom is -0.392 e. The van der Waals surface area contributed by atoms with Crippen molar-refractivity contribution in [3.8, 4) is 11.3 Å². The highest BCUT2D eigenvalue weighted by Gasteiger charge is 2.33. The Hall–Kier alpha value is -1.96. The molecule has 2 N–H and O–H groups in total. The van der Waals surface area contributed by atoms with E-state index in [9.17, 15) is 9.50 Å². The zero-order valence-corrected chi connectivity index (χ0v) is 19.9. The number of piperidine rings is 1. The van der Waals surface area contributed by atoms with E-state index in [2.05, 4.69) is 45.5 Å². The normalized spacial score (nSPS) is 24.8. The molecule has 0 aliphatic carbocycles. The number of aliphatic hydroxyl groups is 1. The number of pyridine rings is 2. The quantitative estimate of drug-likeness (QED) is 0.574. The number of aliphatic hydroxyl groups excluding tert-OH is 1. The Balaban J connectivity index is 0.000000155. The molecule has 172 valence electrons. The van der Waals surface area contributed by atoms with E-state index in [1.54, 1.807) is 18.5 Å². The van der Waals surface area contributed by atoms with Gasteiger partial charge in [-0.05, 0) is 66.9 Å². The number of aromatic nitrogens is 3. The van der Waals surface area contributed by atoms with Crippen LogP contribution < -0.4 is 0 Å². The molecule has 0 radical (unpaired) electrons. The van der Waals surface area contributed by atoms with Gasteiger partial charge < -0.3 is 10.1 Å². The number of likely N-dealkylation sites (tertiary alicyclic amines) is 1. The lowest BCUT2D eigenvalue weighted by Gasteiger charge is -2.43. The summed E-state index contributed by atoms with van der Waals surface area (Å²) in [6.45, 7) is 8.55. The van der Waals surface area contributed by atoms with E-state index in [0.29, 0.717) is 22.9 Å². The van der Waals surface area contributed by atoms with Crippen LogP contribution in [0.1, 0.15) is 32.3 Å². The number of aromatic amines is 1. The van der Waals surface area contributed by atoms with Crippen molar-refractivity contribution >= 4 is 22.8 Å². The van der Waals surface area contributed by atoms with E-state index in [0.717, 1.165) is 36.0 Å². The summed E-state index contributed by atoms with van der Waals surface area (Å²) < 4.78 is 13.7. The molecule has 32 heavy (non-hydrogen) atoms. The molecule has 2 fully saturated rings. The number of H-pyrrole nitrogens is 1. The minimum absolute atomic E-state index is 0.0841. The van der Waals surface area contributed by atoms with E-state index in [1.165, 1.54) is 30.5 Å². The van der Waals surface area contributed by atoms with Crippen molar-refractivity contribution in [2.45, 2.75) is 45.8 Å². The standard InChI is InChI=1S/C13H10FN3.C12H23NOS/c1-8-2-4-15-11(6-8)9-3-5-16-13-12(9)10(14)7-17-13;1-9-7-13(8-10(2)12(9)14)11-3-5-15-6-4-11/h2-7H,1H3,(H,16,17);9-12,14H,3-8H2,1-2H3. The second-order valence-electron chi connectivity index (χ2n) is 9.18. The van der Waals surface area contributed by atoms with E-state index in [-0.39, 0.29) is 11.9 Å². The molecule has 3 aromatic heterocycles. The molecule has 0 amide bonds. The average molecular weight is 457 g/mol. The van der Waals surface area contributed by atoms with Crippen LogP contribution in [0.25, 0.3) is 22.3 Å². The molecule has 2 saturated heterocycles. The Kier molecular flexibility index (Phi) is 7.48. The molecule has 5 heterocycles. The van der Waals surface area contributed by atoms with Gasteiger partial charge in [-0.25, -0.2) is 9.37 Å². The fourth-order valence-corrected chi connectivity index (χ4v) is 5.94. The van der Waals surface area contributed by atoms with Gasteiger partial charge in [0.2, 0.25) is 0 Å². The summed E-state index contributed by atoms with van der Waals surface area (Å²) in [4.78, 5) is 13.8. The maximum absolute atomic E-state index is 13.7. The monoisotopic (exact) mass is 456 g/mol. The molecule has 0 spiro atoms. The topological polar surface area (TPSA) is 65.0 Å². The number of nitrogens with zero attached hydrogens (tertiary/aromatic N) is 3. The summed E-state index contributed by atoms with van der Waals surface area (Å²) in [6, 6.07) is 6.42. The van der Waals surface area contributed by atoms with Crippen molar-refractivity contribution in [1.29, 1.82) is 0 Å². The second-order valence-corrected chi connectivity index (χ2v) is 10.4. The summed E-state index contributed by atoms with van der Waals surface area (Å²) in [7, 11) is 0. The largest absolute Gasteiger partial charge is 0.392 e. The van der Waals surface area contributed by atoms with Crippen LogP contribution in [0.4, 0.5) is 4.39 Å². The first-order valence-electron chi connectivity index (χ1n) is 11.5. The van der Waals surface area contributed by atoms with Crippen molar-refractivity contribution in [3.63, 3.8) is 0 Å². The van der Waals surface area contributed by atoms with Gasteiger partial charge in [-0.15, -0.1) is 0 Å². The predicted molar refractivity (Wildman–Crippen MR) is 130 cm³/mol. The highest BCUT2D eigenvalue weighted by atomic mass is 32.2. The fraction of sp³-hybridized carbons (Fsp3) is 0.520. The molecule has 2 unspecified atom stereocenters. The van der Waals surface area contributed by atoms with Crippen LogP contribution in [0.15, 0.2) is 36.8 Å². The first kappa shape index (κ1) is 23.2. The number of aryl methyl sites for hydroxylation is 1. The van der Waals surface area contributed by atoms with Crippen molar-refractivity contribution in [1.82, 2.24) is 19.9 Å². The molecule has 0 bridgehead atoms. The first-order valence-corrected chi connectivity index (χ1v) is 12.6. The second kappa shape index (κ2) is 10.3. The van der Waals surface area contributed by atoms with Crippen LogP contribution in [-0.4, -0.2) is 61.7 Å². The molecule has 7 heteroatoms. The van der Waals surface area contributed by atoms with Crippen LogP contribution in [-0.2, 0) is 0 Å². The third-order valence-electron chi connectivity index (χ3n) is 6.64. The number of hydrogen-bond donors (Lipinski definition) is 2. The van der Waals surface area contributed by atoms with Crippen LogP contribution in [0, 0.1) is 24.6 Å². The Morgan fingerprint density at radius 2 is 1.78 bits per heavy atom. The summed E-state index contributed by atoms with van der Waals surface area (Å²) >= 11 is 2.09. The zero-order chi connectivity index (χ0) is 22.7. The minimum atomic E-state index is -0.300. The fourth-order valence-electron chi connectivity index (χ4n) is 4.85. The predicted octanol–water partition coefficient (Wildman–Crippen LogP) is 4.90. The first-order chi connectivity index (χ1) is 15.4. The maximum Gasteiger partial charge on any atom is 0.150 e. The SMILES string of the molecule is CC1CN(C2CCSCC2)CC(C)C1O.Cc1ccnc(-c2ccnc3[nH]cc(F)c23)c1. The maximum atomic E-state index is 13.7. The molecular weight excluding hydrogens is 423 g/mol. The molecule has 0 saturated carbocycles. The highest BCUT2D eigenvalue weighted by Crippen LogP contribution is 2.29. The van der Waals surface area contributed by atoms with E-state index in [1.807, 2.05) is 19.1 Å². The lowest BCUT2D eigenvalue weighted by atomic mass is 9.87. The van der Waals surface area contributed by atoms with Crippen LogP contribution in [0.5, 0.6) is 0 Å². The van der Waals surface area contributed by atoms with Gasteiger partial charge in [0, 0.05) is 43.3 Å². The molecule has 2 aliphatic heterocycles. The number of nitrogens with one attached hydrogen (secondary N) is 1. The van der Waals surface area contributed by atoms with Gasteiger partial charge >= 0.3 is 0 Å². The van der Waals surface area contributed by atoms with Crippen molar-refractivity contribution in [2.24, 2.45) is 11.8 Å². The number of halogens is 1.